The molecule has 6 heteroatoms. The van der Waals surface area contributed by atoms with Gasteiger partial charge < -0.3 is 4.74 Å². The van der Waals surface area contributed by atoms with Gasteiger partial charge in [0, 0.05) is 0 Å². The second-order valence-electron chi connectivity index (χ2n) is 7.98. The van der Waals surface area contributed by atoms with Crippen LogP contribution in [-0.2, 0) is 9.53 Å². The summed E-state index contributed by atoms with van der Waals surface area (Å²) in [5, 5.41) is 0. The van der Waals surface area contributed by atoms with Crippen LogP contribution in [0.4, 0.5) is 13.2 Å². The molecule has 0 radical (unpaired) electrons. The number of ether oxygens (including phenoxy) is 1. The third-order valence-electron chi connectivity index (χ3n) is 6.58. The first kappa shape index (κ1) is 15.7. The Morgan fingerprint density at radius 3 is 2.22 bits per heavy atom. The number of nitrogens with zero attached hydrogens (tertiary/aromatic N) is 1. The minimum absolute atomic E-state index is 0.0330. The minimum atomic E-state index is -4.12. The number of carbonyl (C=O) groups excluding carboxylic acids is 1. The maximum Gasteiger partial charge on any atom is 0.401 e. The fourth-order valence-electron chi connectivity index (χ4n) is 5.50. The van der Waals surface area contributed by atoms with Crippen molar-refractivity contribution < 1.29 is 22.7 Å². The second kappa shape index (κ2) is 5.64. The van der Waals surface area contributed by atoms with Crippen LogP contribution in [0.25, 0.3) is 0 Å². The first-order chi connectivity index (χ1) is 10.9. The number of hydrogen-bond donors (Lipinski definition) is 0. The van der Waals surface area contributed by atoms with Gasteiger partial charge in [-0.15, -0.1) is 0 Å². The van der Waals surface area contributed by atoms with E-state index in [1.807, 2.05) is 0 Å². The highest BCUT2D eigenvalue weighted by Gasteiger charge is 2.68. The molecule has 0 spiro atoms. The Morgan fingerprint density at radius 1 is 1.04 bits per heavy atom. The summed E-state index contributed by atoms with van der Waals surface area (Å²) < 4.78 is 42.6. The molecule has 4 fully saturated rings. The summed E-state index contributed by atoms with van der Waals surface area (Å²) in [5.41, 5.74) is 0. The molecule has 1 aliphatic heterocycles. The van der Waals surface area contributed by atoms with Crippen LogP contribution >= 0.6 is 0 Å². The molecule has 3 nitrogen and oxygen atoms in total. The topological polar surface area (TPSA) is 29.5 Å². The normalized spacial score (nSPS) is 40.2. The second-order valence-corrected chi connectivity index (χ2v) is 7.98. The van der Waals surface area contributed by atoms with Crippen molar-refractivity contribution in [1.29, 1.82) is 0 Å². The Labute approximate surface area is 134 Å². The molecule has 1 saturated heterocycles. The molecule has 4 aliphatic rings. The van der Waals surface area contributed by atoms with Crippen LogP contribution in [0.3, 0.4) is 0 Å². The van der Waals surface area contributed by atoms with Crippen LogP contribution in [0, 0.1) is 35.5 Å². The molecule has 0 amide bonds. The van der Waals surface area contributed by atoms with Gasteiger partial charge in [0.15, 0.2) is 0 Å². The highest BCUT2D eigenvalue weighted by atomic mass is 19.4. The lowest BCUT2D eigenvalue weighted by molar-refractivity contribution is -0.152. The molecule has 0 aromatic carbocycles. The van der Waals surface area contributed by atoms with Gasteiger partial charge in [-0.05, 0) is 74.8 Å². The zero-order chi connectivity index (χ0) is 16.2. The summed E-state index contributed by atoms with van der Waals surface area (Å²) in [7, 11) is 0. The van der Waals surface area contributed by atoms with E-state index in [1.165, 1.54) is 24.2 Å². The Kier molecular flexibility index (Phi) is 3.86. The van der Waals surface area contributed by atoms with Gasteiger partial charge in [0.25, 0.3) is 0 Å². The highest BCUT2D eigenvalue weighted by Crippen LogP contribution is 2.69. The van der Waals surface area contributed by atoms with E-state index in [0.29, 0.717) is 44.4 Å². The van der Waals surface area contributed by atoms with Gasteiger partial charge in [0.05, 0.1) is 19.1 Å². The average molecular weight is 331 g/mol. The van der Waals surface area contributed by atoms with Crippen LogP contribution in [0.1, 0.15) is 32.1 Å². The van der Waals surface area contributed by atoms with E-state index >= 15 is 0 Å². The van der Waals surface area contributed by atoms with Crippen molar-refractivity contribution in [3.05, 3.63) is 0 Å². The zero-order valence-corrected chi connectivity index (χ0v) is 13.2. The minimum Gasteiger partial charge on any atom is -0.465 e. The molecule has 4 atom stereocenters. The van der Waals surface area contributed by atoms with E-state index in [2.05, 4.69) is 0 Å². The van der Waals surface area contributed by atoms with Crippen molar-refractivity contribution in [3.8, 4) is 0 Å². The molecule has 0 aromatic heterocycles. The smallest absolute Gasteiger partial charge is 0.401 e. The average Bonchev–Trinajstić information content (AvgIpc) is 2.93. The lowest BCUT2D eigenvalue weighted by atomic mass is 9.97. The quantitative estimate of drug-likeness (QED) is 0.742. The molecule has 23 heavy (non-hydrogen) atoms. The van der Waals surface area contributed by atoms with Crippen molar-refractivity contribution in [2.45, 2.75) is 38.3 Å². The maximum absolute atomic E-state index is 12.4. The SMILES string of the molecule is O=C(OCC1CCN(CC(F)(F)F)CC1)C1[C@H]2[C@H]3CC[C@@H](C3)[C@H]12. The first-order valence-electron chi connectivity index (χ1n) is 8.88. The Balaban J connectivity index is 1.18. The number of piperidine rings is 1. The van der Waals surface area contributed by atoms with E-state index in [1.54, 1.807) is 0 Å². The molecule has 0 unspecified atom stereocenters. The van der Waals surface area contributed by atoms with Crippen LogP contribution in [0.2, 0.25) is 0 Å². The summed E-state index contributed by atoms with van der Waals surface area (Å²) in [6, 6.07) is 0. The molecule has 130 valence electrons. The molecule has 2 bridgehead atoms. The predicted octanol–water partition coefficient (Wildman–Crippen LogP) is 3.10. The standard InChI is InChI=1S/C17H24F3NO2/c18-17(19,20)9-21-5-3-10(4-6-21)8-23-16(22)15-13-11-1-2-12(7-11)14(13)15/h10-15H,1-9H2/t11-,12-,13-,14-/m0/s1. The monoisotopic (exact) mass is 331 g/mol. The maximum atomic E-state index is 12.4. The van der Waals surface area contributed by atoms with Crippen molar-refractivity contribution in [2.24, 2.45) is 35.5 Å². The summed E-state index contributed by atoms with van der Waals surface area (Å²) in [4.78, 5) is 13.7. The summed E-state index contributed by atoms with van der Waals surface area (Å²) in [6.07, 6.45) is 1.14. The fourth-order valence-corrected chi connectivity index (χ4v) is 5.50. The number of carbonyl (C=O) groups is 1. The van der Waals surface area contributed by atoms with Crippen molar-refractivity contribution in [1.82, 2.24) is 4.90 Å². The van der Waals surface area contributed by atoms with Gasteiger partial charge in [-0.3, -0.25) is 9.69 Å². The van der Waals surface area contributed by atoms with Crippen LogP contribution < -0.4 is 0 Å². The highest BCUT2D eigenvalue weighted by molar-refractivity contribution is 5.77. The summed E-state index contributed by atoms with van der Waals surface area (Å²) in [5.74, 6) is 3.03. The third-order valence-corrected chi connectivity index (χ3v) is 6.58. The predicted molar refractivity (Wildman–Crippen MR) is 77.5 cm³/mol. The van der Waals surface area contributed by atoms with Crippen LogP contribution in [0.15, 0.2) is 0 Å². The molecule has 4 rings (SSSR count). The number of alkyl halides is 3. The van der Waals surface area contributed by atoms with E-state index in [4.69, 9.17) is 4.74 Å². The zero-order valence-electron chi connectivity index (χ0n) is 13.2. The summed E-state index contributed by atoms with van der Waals surface area (Å²) in [6.45, 7) is 0.457. The van der Waals surface area contributed by atoms with Crippen LogP contribution in [-0.4, -0.2) is 43.3 Å². The molecule has 0 N–H and O–H groups in total. The van der Waals surface area contributed by atoms with Gasteiger partial charge in [-0.2, -0.15) is 13.2 Å². The van der Waals surface area contributed by atoms with Gasteiger partial charge in [0.2, 0.25) is 0 Å². The lowest BCUT2D eigenvalue weighted by Crippen LogP contribution is -2.41. The summed E-state index contributed by atoms with van der Waals surface area (Å²) >= 11 is 0. The number of hydrogen-bond acceptors (Lipinski definition) is 3. The number of fused-ring (bicyclic) bond motifs is 5. The van der Waals surface area contributed by atoms with E-state index in [0.717, 1.165) is 11.8 Å². The first-order valence-corrected chi connectivity index (χ1v) is 8.88. The van der Waals surface area contributed by atoms with E-state index in [9.17, 15) is 18.0 Å². The number of halogens is 3. The number of esters is 1. The number of likely N-dealkylation sites (tertiary alicyclic amines) is 1. The van der Waals surface area contributed by atoms with Gasteiger partial charge in [-0.1, -0.05) is 0 Å². The molecule has 0 aromatic rings. The Hall–Kier alpha value is -0.780. The molecule has 3 saturated carbocycles. The largest absolute Gasteiger partial charge is 0.465 e. The molecule has 3 aliphatic carbocycles. The lowest BCUT2D eigenvalue weighted by Gasteiger charge is -2.32. The van der Waals surface area contributed by atoms with Crippen molar-refractivity contribution in [2.75, 3.05) is 26.2 Å². The van der Waals surface area contributed by atoms with Crippen LogP contribution in [0.5, 0.6) is 0 Å². The third kappa shape index (κ3) is 3.11. The van der Waals surface area contributed by atoms with Crippen molar-refractivity contribution in [3.63, 3.8) is 0 Å². The number of rotatable bonds is 4. The Morgan fingerprint density at radius 2 is 1.65 bits per heavy atom. The fraction of sp³-hybridized carbons (Fsp3) is 0.941. The molecule has 1 heterocycles. The van der Waals surface area contributed by atoms with Gasteiger partial charge in [0.1, 0.15) is 0 Å². The Bertz CT molecular complexity index is 457. The van der Waals surface area contributed by atoms with Gasteiger partial charge in [-0.25, -0.2) is 0 Å². The van der Waals surface area contributed by atoms with Crippen molar-refractivity contribution >= 4 is 5.97 Å². The van der Waals surface area contributed by atoms with E-state index < -0.39 is 12.7 Å². The molecular formula is C17H24F3NO2. The van der Waals surface area contributed by atoms with Gasteiger partial charge >= 0.3 is 12.1 Å². The van der Waals surface area contributed by atoms with E-state index in [-0.39, 0.29) is 17.8 Å². The molecular weight excluding hydrogens is 307 g/mol.